The summed E-state index contributed by atoms with van der Waals surface area (Å²) in [6, 6.07) is 6.97. The number of hydrogen-bond donors (Lipinski definition) is 3. The second-order valence-electron chi connectivity index (χ2n) is 4.43. The summed E-state index contributed by atoms with van der Waals surface area (Å²) >= 11 is 6.00. The van der Waals surface area contributed by atoms with Gasteiger partial charge >= 0.3 is 0 Å². The van der Waals surface area contributed by atoms with Gasteiger partial charge in [-0.3, -0.25) is 4.79 Å². The molecule has 98 valence electrons. The zero-order chi connectivity index (χ0) is 13.0. The number of halogens is 1. The van der Waals surface area contributed by atoms with Gasteiger partial charge in [0, 0.05) is 23.7 Å². The van der Waals surface area contributed by atoms with Crippen molar-refractivity contribution in [2.75, 3.05) is 13.1 Å². The highest BCUT2D eigenvalue weighted by atomic mass is 35.5. The summed E-state index contributed by atoms with van der Waals surface area (Å²) in [5.41, 5.74) is 0.683. The number of hydrogen-bond acceptors (Lipinski definition) is 3. The highest BCUT2D eigenvalue weighted by Gasteiger charge is 2.22. The summed E-state index contributed by atoms with van der Waals surface area (Å²) in [4.78, 5) is 11.5. The van der Waals surface area contributed by atoms with Crippen LogP contribution in [0.1, 0.15) is 24.5 Å². The van der Waals surface area contributed by atoms with Crippen LogP contribution in [0.3, 0.4) is 0 Å². The molecule has 2 atom stereocenters. The first-order valence-corrected chi connectivity index (χ1v) is 6.50. The normalized spacial score (nSPS) is 21.4. The Kier molecular flexibility index (Phi) is 4.58. The predicted molar refractivity (Wildman–Crippen MR) is 70.4 cm³/mol. The van der Waals surface area contributed by atoms with Gasteiger partial charge in [0.1, 0.15) is 0 Å². The summed E-state index contributed by atoms with van der Waals surface area (Å²) in [7, 11) is 0. The second-order valence-corrected chi connectivity index (χ2v) is 4.84. The van der Waals surface area contributed by atoms with Gasteiger partial charge in [-0.25, -0.2) is 0 Å². The van der Waals surface area contributed by atoms with Crippen molar-refractivity contribution >= 4 is 17.5 Å². The number of rotatable bonds is 4. The summed E-state index contributed by atoms with van der Waals surface area (Å²) in [5, 5.41) is 16.5. The van der Waals surface area contributed by atoms with Gasteiger partial charge in [0.2, 0.25) is 5.91 Å². The Bertz CT molecular complexity index is 425. The number of carbonyl (C=O) groups excluding carboxylic acids is 1. The standard InChI is InChI=1S/C13H17ClN2O2/c14-10-5-2-1-4-9(10)12(17)8-16-11-6-3-7-15-13(11)18/h1-2,4-5,11-12,16-17H,3,6-8H2,(H,15,18). The van der Waals surface area contributed by atoms with E-state index in [1.165, 1.54) is 0 Å². The van der Waals surface area contributed by atoms with E-state index in [1.807, 2.05) is 12.1 Å². The Hall–Kier alpha value is -1.10. The average molecular weight is 269 g/mol. The van der Waals surface area contributed by atoms with Crippen LogP contribution in [-0.2, 0) is 4.79 Å². The lowest BCUT2D eigenvalue weighted by Crippen LogP contribution is -2.49. The molecule has 0 radical (unpaired) electrons. The maximum atomic E-state index is 11.5. The van der Waals surface area contributed by atoms with E-state index in [-0.39, 0.29) is 11.9 Å². The molecule has 1 saturated heterocycles. The Morgan fingerprint density at radius 3 is 3.00 bits per heavy atom. The summed E-state index contributed by atoms with van der Waals surface area (Å²) in [5.74, 6) is 0.00705. The second kappa shape index (κ2) is 6.18. The molecule has 3 N–H and O–H groups in total. The van der Waals surface area contributed by atoms with Gasteiger partial charge < -0.3 is 15.7 Å². The van der Waals surface area contributed by atoms with Crippen LogP contribution >= 0.6 is 11.6 Å². The third-order valence-corrected chi connectivity index (χ3v) is 3.45. The lowest BCUT2D eigenvalue weighted by atomic mass is 10.1. The van der Waals surface area contributed by atoms with Crippen molar-refractivity contribution in [3.63, 3.8) is 0 Å². The zero-order valence-electron chi connectivity index (χ0n) is 10.0. The average Bonchev–Trinajstić information content (AvgIpc) is 2.38. The molecule has 18 heavy (non-hydrogen) atoms. The van der Waals surface area contributed by atoms with Gasteiger partial charge in [0.05, 0.1) is 12.1 Å². The molecule has 4 nitrogen and oxygen atoms in total. The zero-order valence-corrected chi connectivity index (χ0v) is 10.8. The topological polar surface area (TPSA) is 61.4 Å². The van der Waals surface area contributed by atoms with Gasteiger partial charge in [-0.2, -0.15) is 0 Å². The molecule has 0 aromatic heterocycles. The molecule has 1 aliphatic rings. The number of piperidine rings is 1. The number of aliphatic hydroxyl groups excluding tert-OH is 1. The van der Waals surface area contributed by atoms with Crippen LogP contribution in [-0.4, -0.2) is 30.1 Å². The predicted octanol–water partition coefficient (Wildman–Crippen LogP) is 1.24. The van der Waals surface area contributed by atoms with E-state index < -0.39 is 6.10 Å². The van der Waals surface area contributed by atoms with Crippen LogP contribution in [0, 0.1) is 0 Å². The SMILES string of the molecule is O=C1NCCCC1NCC(O)c1ccccc1Cl. The molecule has 0 spiro atoms. The molecule has 2 unspecified atom stereocenters. The van der Waals surface area contributed by atoms with Crippen LogP contribution < -0.4 is 10.6 Å². The molecule has 1 amide bonds. The minimum atomic E-state index is -0.701. The number of nitrogens with one attached hydrogen (secondary N) is 2. The van der Waals surface area contributed by atoms with Crippen molar-refractivity contribution in [1.82, 2.24) is 10.6 Å². The third kappa shape index (κ3) is 3.22. The monoisotopic (exact) mass is 268 g/mol. The maximum Gasteiger partial charge on any atom is 0.237 e. The quantitative estimate of drug-likeness (QED) is 0.770. The highest BCUT2D eigenvalue weighted by Crippen LogP contribution is 2.22. The fraction of sp³-hybridized carbons (Fsp3) is 0.462. The maximum absolute atomic E-state index is 11.5. The lowest BCUT2D eigenvalue weighted by Gasteiger charge is -2.24. The highest BCUT2D eigenvalue weighted by molar-refractivity contribution is 6.31. The number of aliphatic hydroxyl groups is 1. The van der Waals surface area contributed by atoms with E-state index in [0.29, 0.717) is 17.1 Å². The summed E-state index contributed by atoms with van der Waals surface area (Å²) in [6.45, 7) is 1.06. The molecule has 0 aliphatic carbocycles. The fourth-order valence-electron chi connectivity index (χ4n) is 2.08. The van der Waals surface area contributed by atoms with Crippen LogP contribution in [0.25, 0.3) is 0 Å². The minimum Gasteiger partial charge on any atom is -0.387 e. The molecule has 1 fully saturated rings. The summed E-state index contributed by atoms with van der Waals surface area (Å²) in [6.07, 6.45) is 1.07. The Balaban J connectivity index is 1.90. The van der Waals surface area contributed by atoms with E-state index in [2.05, 4.69) is 10.6 Å². The fourth-order valence-corrected chi connectivity index (χ4v) is 2.34. The van der Waals surface area contributed by atoms with Gasteiger partial charge in [-0.15, -0.1) is 0 Å². The van der Waals surface area contributed by atoms with Crippen LogP contribution in [0.4, 0.5) is 0 Å². The van der Waals surface area contributed by atoms with E-state index in [4.69, 9.17) is 11.6 Å². The van der Waals surface area contributed by atoms with Crippen molar-refractivity contribution in [2.24, 2.45) is 0 Å². The van der Waals surface area contributed by atoms with Crippen LogP contribution in [0.2, 0.25) is 5.02 Å². The van der Waals surface area contributed by atoms with Crippen molar-refractivity contribution in [3.05, 3.63) is 34.9 Å². The van der Waals surface area contributed by atoms with E-state index in [0.717, 1.165) is 19.4 Å². The largest absolute Gasteiger partial charge is 0.387 e. The molecule has 0 bridgehead atoms. The first-order valence-electron chi connectivity index (χ1n) is 6.12. The minimum absolute atomic E-state index is 0.00705. The van der Waals surface area contributed by atoms with Gasteiger partial charge in [0.15, 0.2) is 0 Å². The van der Waals surface area contributed by atoms with Gasteiger partial charge in [-0.1, -0.05) is 29.8 Å². The molecule has 5 heteroatoms. The summed E-state index contributed by atoms with van der Waals surface area (Å²) < 4.78 is 0. The molecular weight excluding hydrogens is 252 g/mol. The molecule has 0 saturated carbocycles. The first-order chi connectivity index (χ1) is 8.68. The molecule has 1 heterocycles. The number of carbonyl (C=O) groups is 1. The first kappa shape index (κ1) is 13.3. The van der Waals surface area contributed by atoms with Gasteiger partial charge in [0.25, 0.3) is 0 Å². The van der Waals surface area contributed by atoms with Crippen molar-refractivity contribution < 1.29 is 9.90 Å². The van der Waals surface area contributed by atoms with Crippen molar-refractivity contribution in [3.8, 4) is 0 Å². The number of amides is 1. The third-order valence-electron chi connectivity index (χ3n) is 3.11. The number of benzene rings is 1. The molecule has 1 aromatic carbocycles. The Morgan fingerprint density at radius 1 is 1.50 bits per heavy atom. The molecule has 2 rings (SSSR count). The van der Waals surface area contributed by atoms with E-state index in [1.54, 1.807) is 12.1 Å². The van der Waals surface area contributed by atoms with Crippen LogP contribution in [0.15, 0.2) is 24.3 Å². The smallest absolute Gasteiger partial charge is 0.237 e. The van der Waals surface area contributed by atoms with Gasteiger partial charge in [-0.05, 0) is 18.9 Å². The Morgan fingerprint density at radius 2 is 2.28 bits per heavy atom. The molecule has 1 aliphatic heterocycles. The molecule has 1 aromatic rings. The van der Waals surface area contributed by atoms with E-state index >= 15 is 0 Å². The van der Waals surface area contributed by atoms with E-state index in [9.17, 15) is 9.90 Å². The molecular formula is C13H17ClN2O2. The van der Waals surface area contributed by atoms with Crippen molar-refractivity contribution in [1.29, 1.82) is 0 Å². The van der Waals surface area contributed by atoms with Crippen LogP contribution in [0.5, 0.6) is 0 Å². The Labute approximate surface area is 111 Å². The lowest BCUT2D eigenvalue weighted by molar-refractivity contribution is -0.124. The van der Waals surface area contributed by atoms with Crippen molar-refractivity contribution in [2.45, 2.75) is 25.0 Å².